The maximum absolute atomic E-state index is 13.4. The fourth-order valence-corrected chi connectivity index (χ4v) is 2.00. The zero-order chi connectivity index (χ0) is 15.1. The van der Waals surface area contributed by atoms with Crippen molar-refractivity contribution in [3.05, 3.63) is 48.3 Å². The summed E-state index contributed by atoms with van der Waals surface area (Å²) < 4.78 is 21.1. The summed E-state index contributed by atoms with van der Waals surface area (Å²) in [5.74, 6) is 1.05. The van der Waals surface area contributed by atoms with Gasteiger partial charge in [0.25, 0.3) is 0 Å². The number of benzene rings is 1. The summed E-state index contributed by atoms with van der Waals surface area (Å²) in [6.45, 7) is 7.03. The smallest absolute Gasteiger partial charge is 0.124 e. The molecule has 2 rings (SSSR count). The Balaban J connectivity index is 1.90. The van der Waals surface area contributed by atoms with Gasteiger partial charge in [-0.1, -0.05) is 13.8 Å². The molecule has 0 aliphatic carbocycles. The SMILES string of the molecule is CC(C)CNCc1cc(F)ccc1OCCn1ccnc1. The van der Waals surface area contributed by atoms with Crippen LogP contribution in [0.3, 0.4) is 0 Å². The predicted molar refractivity (Wildman–Crippen MR) is 80.7 cm³/mol. The molecule has 0 saturated carbocycles. The van der Waals surface area contributed by atoms with E-state index in [0.29, 0.717) is 19.1 Å². The average molecular weight is 291 g/mol. The lowest BCUT2D eigenvalue weighted by molar-refractivity contribution is 0.294. The first kappa shape index (κ1) is 15.5. The Morgan fingerprint density at radius 3 is 2.95 bits per heavy atom. The molecule has 1 aromatic heterocycles. The number of rotatable bonds is 8. The second-order valence-corrected chi connectivity index (χ2v) is 5.43. The van der Waals surface area contributed by atoms with E-state index >= 15 is 0 Å². The molecule has 2 aromatic rings. The molecule has 5 heteroatoms. The normalized spacial score (nSPS) is 11.0. The van der Waals surface area contributed by atoms with E-state index in [1.54, 1.807) is 18.6 Å². The molecule has 0 bridgehead atoms. The third-order valence-corrected chi connectivity index (χ3v) is 3.06. The molecule has 0 unspecified atom stereocenters. The number of ether oxygens (including phenoxy) is 1. The number of halogens is 1. The van der Waals surface area contributed by atoms with Crippen LogP contribution in [0.25, 0.3) is 0 Å². The van der Waals surface area contributed by atoms with Crippen molar-refractivity contribution in [3.8, 4) is 5.75 Å². The molecule has 4 nitrogen and oxygen atoms in total. The summed E-state index contributed by atoms with van der Waals surface area (Å²) in [5, 5.41) is 3.31. The molecule has 1 heterocycles. The average Bonchev–Trinajstić information content (AvgIpc) is 2.94. The maximum atomic E-state index is 13.4. The number of aromatic nitrogens is 2. The molecule has 0 radical (unpaired) electrons. The molecule has 0 aliphatic rings. The van der Waals surface area contributed by atoms with Gasteiger partial charge in [0, 0.05) is 24.5 Å². The third kappa shape index (κ3) is 5.19. The fourth-order valence-electron chi connectivity index (χ4n) is 2.00. The highest BCUT2D eigenvalue weighted by Crippen LogP contribution is 2.19. The molecule has 0 saturated heterocycles. The number of nitrogens with one attached hydrogen (secondary N) is 1. The number of nitrogens with zero attached hydrogens (tertiary/aromatic N) is 2. The van der Waals surface area contributed by atoms with Crippen molar-refractivity contribution in [1.29, 1.82) is 0 Å². The molecule has 0 aliphatic heterocycles. The number of hydrogen-bond acceptors (Lipinski definition) is 3. The first-order valence-corrected chi connectivity index (χ1v) is 7.23. The van der Waals surface area contributed by atoms with E-state index in [9.17, 15) is 4.39 Å². The van der Waals surface area contributed by atoms with Gasteiger partial charge >= 0.3 is 0 Å². The van der Waals surface area contributed by atoms with Crippen molar-refractivity contribution in [2.45, 2.75) is 26.9 Å². The van der Waals surface area contributed by atoms with Gasteiger partial charge in [-0.05, 0) is 30.7 Å². The van der Waals surface area contributed by atoms with Gasteiger partial charge in [-0.3, -0.25) is 0 Å². The summed E-state index contributed by atoms with van der Waals surface area (Å²) in [6.07, 6.45) is 5.37. The minimum Gasteiger partial charge on any atom is -0.491 e. The van der Waals surface area contributed by atoms with Crippen molar-refractivity contribution in [3.63, 3.8) is 0 Å². The van der Waals surface area contributed by atoms with E-state index in [1.165, 1.54) is 12.1 Å². The molecule has 1 aromatic carbocycles. The van der Waals surface area contributed by atoms with E-state index in [1.807, 2.05) is 10.8 Å². The highest BCUT2D eigenvalue weighted by Gasteiger charge is 2.06. The Bertz CT molecular complexity index is 540. The van der Waals surface area contributed by atoms with Crippen molar-refractivity contribution in [2.24, 2.45) is 5.92 Å². The first-order valence-electron chi connectivity index (χ1n) is 7.23. The standard InChI is InChI=1S/C16H22FN3O/c1-13(2)10-19-11-14-9-15(17)3-4-16(14)21-8-7-20-6-5-18-12-20/h3-6,9,12-13,19H,7-8,10-11H2,1-2H3. The lowest BCUT2D eigenvalue weighted by Crippen LogP contribution is -2.19. The van der Waals surface area contributed by atoms with E-state index < -0.39 is 0 Å². The van der Waals surface area contributed by atoms with E-state index in [4.69, 9.17) is 4.74 Å². The van der Waals surface area contributed by atoms with Crippen LogP contribution in [0.1, 0.15) is 19.4 Å². The molecular formula is C16H22FN3O. The van der Waals surface area contributed by atoms with Gasteiger partial charge in [0.05, 0.1) is 12.9 Å². The minimum absolute atomic E-state index is 0.238. The molecule has 0 amide bonds. The van der Waals surface area contributed by atoms with Crippen molar-refractivity contribution < 1.29 is 9.13 Å². The van der Waals surface area contributed by atoms with Crippen molar-refractivity contribution >= 4 is 0 Å². The van der Waals surface area contributed by atoms with Gasteiger partial charge < -0.3 is 14.6 Å². The third-order valence-electron chi connectivity index (χ3n) is 3.06. The molecule has 1 N–H and O–H groups in total. The highest BCUT2D eigenvalue weighted by atomic mass is 19.1. The molecule has 114 valence electrons. The summed E-state index contributed by atoms with van der Waals surface area (Å²) in [5.41, 5.74) is 0.848. The van der Waals surface area contributed by atoms with Crippen LogP contribution in [0.2, 0.25) is 0 Å². The van der Waals surface area contributed by atoms with Gasteiger partial charge in [-0.15, -0.1) is 0 Å². The van der Waals surface area contributed by atoms with Crippen LogP contribution in [-0.2, 0) is 13.1 Å². The van der Waals surface area contributed by atoms with Crippen LogP contribution in [-0.4, -0.2) is 22.7 Å². The number of hydrogen-bond donors (Lipinski definition) is 1. The van der Waals surface area contributed by atoms with Crippen LogP contribution in [0, 0.1) is 11.7 Å². The van der Waals surface area contributed by atoms with Crippen LogP contribution in [0.5, 0.6) is 5.75 Å². The Morgan fingerprint density at radius 1 is 1.38 bits per heavy atom. The zero-order valence-electron chi connectivity index (χ0n) is 12.6. The molecule has 0 spiro atoms. The monoisotopic (exact) mass is 291 g/mol. The summed E-state index contributed by atoms with van der Waals surface area (Å²) >= 11 is 0. The van der Waals surface area contributed by atoms with E-state index in [0.717, 1.165) is 24.4 Å². The van der Waals surface area contributed by atoms with Crippen molar-refractivity contribution in [2.75, 3.05) is 13.2 Å². The quantitative estimate of drug-likeness (QED) is 0.813. The van der Waals surface area contributed by atoms with Gasteiger partial charge in [-0.2, -0.15) is 0 Å². The first-order chi connectivity index (χ1) is 10.1. The maximum Gasteiger partial charge on any atom is 0.124 e. The predicted octanol–water partition coefficient (Wildman–Crippen LogP) is 2.85. The fraction of sp³-hybridized carbons (Fsp3) is 0.438. The van der Waals surface area contributed by atoms with E-state index in [-0.39, 0.29) is 5.82 Å². The Hall–Kier alpha value is -1.88. The highest BCUT2D eigenvalue weighted by molar-refractivity contribution is 5.33. The summed E-state index contributed by atoms with van der Waals surface area (Å²) in [6, 6.07) is 4.65. The van der Waals surface area contributed by atoms with Crippen LogP contribution in [0.4, 0.5) is 4.39 Å². The molecule has 0 atom stereocenters. The van der Waals surface area contributed by atoms with Crippen molar-refractivity contribution in [1.82, 2.24) is 14.9 Å². The largest absolute Gasteiger partial charge is 0.491 e. The van der Waals surface area contributed by atoms with Crippen LogP contribution < -0.4 is 10.1 Å². The molecular weight excluding hydrogens is 269 g/mol. The zero-order valence-corrected chi connectivity index (χ0v) is 12.6. The van der Waals surface area contributed by atoms with Gasteiger partial charge in [0.2, 0.25) is 0 Å². The lowest BCUT2D eigenvalue weighted by Gasteiger charge is -2.13. The minimum atomic E-state index is -0.238. The van der Waals surface area contributed by atoms with Gasteiger partial charge in [0.15, 0.2) is 0 Å². The molecule has 21 heavy (non-hydrogen) atoms. The second kappa shape index (κ2) is 7.78. The second-order valence-electron chi connectivity index (χ2n) is 5.43. The Morgan fingerprint density at radius 2 is 2.24 bits per heavy atom. The lowest BCUT2D eigenvalue weighted by atomic mass is 10.1. The van der Waals surface area contributed by atoms with Crippen LogP contribution >= 0.6 is 0 Å². The summed E-state index contributed by atoms with van der Waals surface area (Å²) in [4.78, 5) is 3.98. The topological polar surface area (TPSA) is 39.1 Å². The molecule has 0 fully saturated rings. The number of imidazole rings is 1. The Kier molecular flexibility index (Phi) is 5.75. The van der Waals surface area contributed by atoms with Gasteiger partial charge in [-0.25, -0.2) is 9.37 Å². The Labute approximate surface area is 125 Å². The van der Waals surface area contributed by atoms with Crippen LogP contribution in [0.15, 0.2) is 36.9 Å². The van der Waals surface area contributed by atoms with E-state index in [2.05, 4.69) is 24.1 Å². The summed E-state index contributed by atoms with van der Waals surface area (Å²) in [7, 11) is 0. The van der Waals surface area contributed by atoms with Gasteiger partial charge in [0.1, 0.15) is 18.2 Å².